The second kappa shape index (κ2) is 8.27. The molecule has 2 atom stereocenters. The average molecular weight is 433 g/mol. The minimum Gasteiger partial charge on any atom is -0.374 e. The number of aromatic nitrogens is 2. The molecule has 0 saturated carbocycles. The molecule has 3 aromatic rings. The van der Waals surface area contributed by atoms with E-state index in [0.717, 1.165) is 24.8 Å². The molecule has 0 saturated heterocycles. The molecule has 152 valence electrons. The van der Waals surface area contributed by atoms with E-state index in [1.165, 1.54) is 40.1 Å². The summed E-state index contributed by atoms with van der Waals surface area (Å²) in [6, 6.07) is 6.20. The van der Waals surface area contributed by atoms with Gasteiger partial charge in [0.1, 0.15) is 17.0 Å². The van der Waals surface area contributed by atoms with Crippen molar-refractivity contribution >= 4 is 34.0 Å². The fourth-order valence-corrected chi connectivity index (χ4v) is 5.68. The lowest BCUT2D eigenvalue weighted by Crippen LogP contribution is -2.24. The number of amides is 1. The number of halogens is 1. The third-order valence-electron chi connectivity index (χ3n) is 4.84. The van der Waals surface area contributed by atoms with Crippen LogP contribution in [-0.4, -0.2) is 25.8 Å². The summed E-state index contributed by atoms with van der Waals surface area (Å²) in [5, 5.41) is 13.7. The summed E-state index contributed by atoms with van der Waals surface area (Å²) in [6.45, 7) is 1.78. The van der Waals surface area contributed by atoms with Crippen molar-refractivity contribution in [1.82, 2.24) is 9.55 Å². The highest BCUT2D eigenvalue weighted by atomic mass is 32.2. The maximum atomic E-state index is 13.6. The van der Waals surface area contributed by atoms with Gasteiger partial charge in [0, 0.05) is 22.8 Å². The number of aliphatic hydroxyl groups excluding tert-OH is 1. The van der Waals surface area contributed by atoms with Crippen molar-refractivity contribution in [3.8, 4) is 5.69 Å². The van der Waals surface area contributed by atoms with Crippen LogP contribution in [0.2, 0.25) is 0 Å². The van der Waals surface area contributed by atoms with E-state index in [-0.39, 0.29) is 11.7 Å². The Balaban J connectivity index is 1.50. The van der Waals surface area contributed by atoms with E-state index in [9.17, 15) is 14.3 Å². The number of aliphatic hydroxyl groups is 1. The van der Waals surface area contributed by atoms with Crippen LogP contribution in [0.1, 0.15) is 35.6 Å². The van der Waals surface area contributed by atoms with Gasteiger partial charge in [-0.3, -0.25) is 9.36 Å². The molecule has 0 fully saturated rings. The standard InChI is InChI=1S/C20H21FN4O2S2/c1-11(28-20-23-8-9-25(20)13-5-2-4-12(21)10-13)18(27)24-19-16(17(22)26)14-6-3-7-15(14)29-19/h2,4-5,8-11,17,26H,3,6-7,22H2,1H3,(H,24,27). The van der Waals surface area contributed by atoms with Crippen LogP contribution in [-0.2, 0) is 17.6 Å². The Hall–Kier alpha value is -2.20. The Bertz CT molecular complexity index is 1050. The molecule has 0 aliphatic heterocycles. The van der Waals surface area contributed by atoms with E-state index in [2.05, 4.69) is 10.3 Å². The monoisotopic (exact) mass is 432 g/mol. The Morgan fingerprint density at radius 1 is 1.45 bits per heavy atom. The van der Waals surface area contributed by atoms with Gasteiger partial charge >= 0.3 is 0 Å². The number of imidazole rings is 1. The van der Waals surface area contributed by atoms with Crippen LogP contribution in [0.15, 0.2) is 41.8 Å². The second-order valence-electron chi connectivity index (χ2n) is 6.85. The largest absolute Gasteiger partial charge is 0.374 e. The van der Waals surface area contributed by atoms with E-state index >= 15 is 0 Å². The second-order valence-corrected chi connectivity index (χ2v) is 9.27. The molecule has 1 amide bonds. The van der Waals surface area contributed by atoms with E-state index in [1.54, 1.807) is 36.0 Å². The molecule has 0 bridgehead atoms. The van der Waals surface area contributed by atoms with Gasteiger partial charge in [0.2, 0.25) is 5.91 Å². The van der Waals surface area contributed by atoms with Crippen LogP contribution >= 0.6 is 23.1 Å². The number of nitrogens with one attached hydrogen (secondary N) is 1. The number of rotatable bonds is 6. The minimum absolute atomic E-state index is 0.203. The van der Waals surface area contributed by atoms with Gasteiger partial charge in [-0.05, 0) is 49.9 Å². The lowest BCUT2D eigenvalue weighted by Gasteiger charge is -2.15. The molecule has 1 aliphatic rings. The number of carbonyl (C=O) groups excluding carboxylic acids is 1. The number of fused-ring (bicyclic) bond motifs is 1. The molecule has 9 heteroatoms. The maximum Gasteiger partial charge on any atom is 0.238 e. The number of nitrogens with two attached hydrogens (primary N) is 1. The fraction of sp³-hybridized carbons (Fsp3) is 0.300. The van der Waals surface area contributed by atoms with E-state index < -0.39 is 11.5 Å². The number of benzene rings is 1. The van der Waals surface area contributed by atoms with E-state index in [1.807, 2.05) is 0 Å². The third-order valence-corrected chi connectivity index (χ3v) is 7.14. The van der Waals surface area contributed by atoms with Crippen molar-refractivity contribution in [2.75, 3.05) is 5.32 Å². The summed E-state index contributed by atoms with van der Waals surface area (Å²) in [5.41, 5.74) is 8.10. The highest BCUT2D eigenvalue weighted by Crippen LogP contribution is 2.41. The topological polar surface area (TPSA) is 93.2 Å². The van der Waals surface area contributed by atoms with Crippen molar-refractivity contribution in [3.63, 3.8) is 0 Å². The average Bonchev–Trinajstić information content (AvgIpc) is 3.37. The minimum atomic E-state index is -1.11. The van der Waals surface area contributed by atoms with Gasteiger partial charge in [-0.1, -0.05) is 17.8 Å². The Morgan fingerprint density at radius 3 is 3.03 bits per heavy atom. The lowest BCUT2D eigenvalue weighted by atomic mass is 10.1. The summed E-state index contributed by atoms with van der Waals surface area (Å²) in [5.74, 6) is -0.540. The summed E-state index contributed by atoms with van der Waals surface area (Å²) in [4.78, 5) is 18.3. The summed E-state index contributed by atoms with van der Waals surface area (Å²) in [6.07, 6.45) is 5.10. The zero-order chi connectivity index (χ0) is 20.5. The van der Waals surface area contributed by atoms with Crippen LogP contribution in [0, 0.1) is 5.82 Å². The predicted molar refractivity (Wildman–Crippen MR) is 113 cm³/mol. The third kappa shape index (κ3) is 4.09. The van der Waals surface area contributed by atoms with Crippen LogP contribution in [0.3, 0.4) is 0 Å². The lowest BCUT2D eigenvalue weighted by molar-refractivity contribution is -0.115. The van der Waals surface area contributed by atoms with Crippen LogP contribution < -0.4 is 11.1 Å². The van der Waals surface area contributed by atoms with E-state index in [4.69, 9.17) is 5.73 Å². The first-order chi connectivity index (χ1) is 13.9. The molecule has 6 nitrogen and oxygen atoms in total. The van der Waals surface area contributed by atoms with Gasteiger partial charge in [-0.25, -0.2) is 9.37 Å². The smallest absolute Gasteiger partial charge is 0.238 e. The van der Waals surface area contributed by atoms with Gasteiger partial charge < -0.3 is 16.2 Å². The van der Waals surface area contributed by atoms with Crippen LogP contribution in [0.25, 0.3) is 5.69 Å². The molecule has 4 rings (SSSR count). The Morgan fingerprint density at radius 2 is 2.28 bits per heavy atom. The number of hydrogen-bond acceptors (Lipinski definition) is 6. The summed E-state index contributed by atoms with van der Waals surface area (Å²) in [7, 11) is 0. The molecular weight excluding hydrogens is 411 g/mol. The van der Waals surface area contributed by atoms with Crippen molar-refractivity contribution in [1.29, 1.82) is 0 Å². The summed E-state index contributed by atoms with van der Waals surface area (Å²) < 4.78 is 15.3. The first-order valence-electron chi connectivity index (χ1n) is 9.29. The van der Waals surface area contributed by atoms with Crippen molar-refractivity contribution < 1.29 is 14.3 Å². The van der Waals surface area contributed by atoms with E-state index in [0.29, 0.717) is 21.4 Å². The Kier molecular flexibility index (Phi) is 5.73. The number of anilines is 1. The first-order valence-corrected chi connectivity index (χ1v) is 11.0. The van der Waals surface area contributed by atoms with Crippen LogP contribution in [0.4, 0.5) is 9.39 Å². The normalized spacial score (nSPS) is 15.2. The predicted octanol–water partition coefficient (Wildman–Crippen LogP) is 3.63. The highest BCUT2D eigenvalue weighted by molar-refractivity contribution is 8.00. The number of nitrogens with zero attached hydrogens (tertiary/aromatic N) is 2. The highest BCUT2D eigenvalue weighted by Gasteiger charge is 2.27. The quantitative estimate of drug-likeness (QED) is 0.409. The van der Waals surface area contributed by atoms with Gasteiger partial charge in [0.15, 0.2) is 5.16 Å². The molecule has 2 aromatic heterocycles. The molecule has 0 radical (unpaired) electrons. The van der Waals surface area contributed by atoms with Crippen LogP contribution in [0.5, 0.6) is 0 Å². The first kappa shape index (κ1) is 20.1. The number of thiophene rings is 1. The number of hydrogen-bond donors (Lipinski definition) is 3. The van der Waals surface area contributed by atoms with Gasteiger partial charge in [-0.2, -0.15) is 0 Å². The molecule has 0 spiro atoms. The van der Waals surface area contributed by atoms with Crippen molar-refractivity contribution in [2.45, 2.75) is 42.8 Å². The molecule has 1 aliphatic carbocycles. The molecule has 1 aromatic carbocycles. The number of thioether (sulfide) groups is 1. The maximum absolute atomic E-state index is 13.6. The van der Waals surface area contributed by atoms with Gasteiger partial charge in [0.25, 0.3) is 0 Å². The zero-order valence-electron chi connectivity index (χ0n) is 15.8. The van der Waals surface area contributed by atoms with Gasteiger partial charge in [0.05, 0.1) is 10.9 Å². The SMILES string of the molecule is CC(Sc1nccn1-c1cccc(F)c1)C(=O)Nc1sc2c(c1C(N)O)CCC2. The van der Waals surface area contributed by atoms with Crippen molar-refractivity contribution in [3.05, 3.63) is 58.5 Å². The summed E-state index contributed by atoms with van der Waals surface area (Å²) >= 11 is 2.77. The zero-order valence-corrected chi connectivity index (χ0v) is 17.4. The number of carbonyl (C=O) groups is 1. The molecular formula is C20H21FN4O2S2. The molecule has 29 heavy (non-hydrogen) atoms. The molecule has 2 heterocycles. The Labute approximate surface area is 176 Å². The molecule has 4 N–H and O–H groups in total. The fourth-order valence-electron chi connectivity index (χ4n) is 3.46. The van der Waals surface area contributed by atoms with Gasteiger partial charge in [-0.15, -0.1) is 11.3 Å². The van der Waals surface area contributed by atoms with Crippen molar-refractivity contribution in [2.24, 2.45) is 5.73 Å². The number of aryl methyl sites for hydroxylation is 1. The molecule has 2 unspecified atom stereocenters.